The molecule has 0 bridgehead atoms. The van der Waals surface area contributed by atoms with Gasteiger partial charge in [-0.15, -0.1) is 0 Å². The van der Waals surface area contributed by atoms with Crippen LogP contribution in [0.1, 0.15) is 11.3 Å². The van der Waals surface area contributed by atoms with Crippen molar-refractivity contribution in [1.29, 1.82) is 0 Å². The molecule has 0 radical (unpaired) electrons. The minimum Gasteiger partial charge on any atom is -0.504 e. The molecule has 0 aliphatic carbocycles. The maximum atomic E-state index is 12.7. The fraction of sp³-hybridized carbons (Fsp3) is 0.125. The van der Waals surface area contributed by atoms with Gasteiger partial charge in [0, 0.05) is 6.21 Å². The largest absolute Gasteiger partial charge is 0.504 e. The van der Waals surface area contributed by atoms with Crippen LogP contribution in [0.5, 0.6) is 0 Å². The van der Waals surface area contributed by atoms with Crippen molar-refractivity contribution < 1.29 is 40.7 Å². The van der Waals surface area contributed by atoms with Crippen molar-refractivity contribution in [3.63, 3.8) is 0 Å². The quantitative estimate of drug-likeness (QED) is 0.349. The number of aliphatic hydroxyl groups is 1. The van der Waals surface area contributed by atoms with E-state index in [0.717, 1.165) is 30.5 Å². The number of alkyl halides is 6. The van der Waals surface area contributed by atoms with Crippen LogP contribution in [-0.4, -0.2) is 23.3 Å². The van der Waals surface area contributed by atoms with Crippen molar-refractivity contribution in [3.05, 3.63) is 59.6 Å². The highest BCUT2D eigenvalue weighted by atomic mass is 19.4. The summed E-state index contributed by atoms with van der Waals surface area (Å²) in [5, 5.41) is 9.86. The van der Waals surface area contributed by atoms with E-state index in [9.17, 15) is 36.2 Å². The number of hydrogen-bond acceptors (Lipinski definition) is 4. The van der Waals surface area contributed by atoms with Gasteiger partial charge in [0.15, 0.2) is 11.5 Å². The lowest BCUT2D eigenvalue weighted by Gasteiger charge is -2.08. The Labute approximate surface area is 142 Å². The first-order chi connectivity index (χ1) is 12.0. The van der Waals surface area contributed by atoms with Crippen molar-refractivity contribution in [1.82, 2.24) is 0 Å². The summed E-state index contributed by atoms with van der Waals surface area (Å²) >= 11 is 0. The molecule has 2 rings (SSSR count). The van der Waals surface area contributed by atoms with Gasteiger partial charge in [0.2, 0.25) is 0 Å². The zero-order valence-electron chi connectivity index (χ0n) is 12.6. The molecule has 0 saturated carbocycles. The average molecular weight is 377 g/mol. The van der Waals surface area contributed by atoms with Gasteiger partial charge in [0.1, 0.15) is 0 Å². The van der Waals surface area contributed by atoms with Gasteiger partial charge in [-0.25, -0.2) is 0 Å². The molecule has 4 nitrogen and oxygen atoms in total. The van der Waals surface area contributed by atoms with Gasteiger partial charge in [-0.2, -0.15) is 26.3 Å². The first-order valence-corrected chi connectivity index (χ1v) is 6.80. The third-order valence-corrected chi connectivity index (χ3v) is 3.03. The Morgan fingerprint density at radius 2 is 1.77 bits per heavy atom. The molecule has 1 heterocycles. The molecule has 26 heavy (non-hydrogen) atoms. The highest BCUT2D eigenvalue weighted by Crippen LogP contribution is 2.31. The van der Waals surface area contributed by atoms with Crippen LogP contribution in [0.3, 0.4) is 0 Å². The van der Waals surface area contributed by atoms with Crippen LogP contribution >= 0.6 is 0 Å². The number of carbonyl (C=O) groups is 1. The Morgan fingerprint density at radius 3 is 2.31 bits per heavy atom. The Balaban J connectivity index is 2.47. The van der Waals surface area contributed by atoms with E-state index in [-0.39, 0.29) is 5.69 Å². The number of rotatable bonds is 4. The molecule has 0 atom stereocenters. The molecule has 0 unspecified atom stereocenters. The molecule has 2 aromatic rings. The van der Waals surface area contributed by atoms with E-state index >= 15 is 0 Å². The van der Waals surface area contributed by atoms with Gasteiger partial charge in [0.05, 0.1) is 23.1 Å². The second-order valence-corrected chi connectivity index (χ2v) is 4.87. The van der Waals surface area contributed by atoms with E-state index in [2.05, 4.69) is 4.99 Å². The molecule has 138 valence electrons. The van der Waals surface area contributed by atoms with E-state index in [1.54, 1.807) is 0 Å². The van der Waals surface area contributed by atoms with Gasteiger partial charge in [0.25, 0.3) is 5.78 Å². The number of aliphatic imine (C=N–C) groups is 1. The fourth-order valence-electron chi connectivity index (χ4n) is 1.83. The number of carbonyl (C=O) groups excluding carboxylic acids is 1. The lowest BCUT2D eigenvalue weighted by Crippen LogP contribution is -2.26. The third-order valence-electron chi connectivity index (χ3n) is 3.03. The van der Waals surface area contributed by atoms with E-state index in [1.165, 1.54) is 6.07 Å². The molecule has 0 aliphatic heterocycles. The SMILES string of the molecule is O=C(/C(C=Nc1cccc(C(F)(F)F)c1)=C(\O)c1ccco1)C(F)(F)F. The number of halogens is 6. The van der Waals surface area contributed by atoms with E-state index in [1.807, 2.05) is 0 Å². The standard InChI is InChI=1S/C16H9F6NO3/c17-15(18,19)9-3-1-4-10(7-9)23-8-11(14(25)16(20,21)22)13(24)12-5-2-6-26-12/h1-8,24H/b13-11-,23-8?. The normalized spacial score (nSPS) is 13.8. The summed E-state index contributed by atoms with van der Waals surface area (Å²) in [4.78, 5) is 14.9. The summed E-state index contributed by atoms with van der Waals surface area (Å²) in [7, 11) is 0. The number of Topliss-reactive ketones (excluding diaryl/α,β-unsaturated/α-hetero) is 1. The van der Waals surface area contributed by atoms with Crippen molar-refractivity contribution >= 4 is 23.4 Å². The van der Waals surface area contributed by atoms with Gasteiger partial charge >= 0.3 is 12.4 Å². The number of ketones is 1. The van der Waals surface area contributed by atoms with Crippen molar-refractivity contribution in [3.8, 4) is 0 Å². The van der Waals surface area contributed by atoms with Gasteiger partial charge in [-0.3, -0.25) is 9.79 Å². The molecule has 0 spiro atoms. The number of furan rings is 1. The van der Waals surface area contributed by atoms with E-state index in [4.69, 9.17) is 4.42 Å². The number of aliphatic hydroxyl groups excluding tert-OH is 1. The molecule has 0 fully saturated rings. The van der Waals surface area contributed by atoms with E-state index in [0.29, 0.717) is 12.3 Å². The molecule has 0 saturated heterocycles. The summed E-state index contributed by atoms with van der Waals surface area (Å²) in [6.07, 6.45) is -8.63. The van der Waals surface area contributed by atoms with Crippen molar-refractivity contribution in [2.45, 2.75) is 12.4 Å². The highest BCUT2D eigenvalue weighted by molar-refractivity contribution is 6.20. The predicted octanol–water partition coefficient (Wildman–Crippen LogP) is 5.10. The second kappa shape index (κ2) is 7.06. The Hall–Kier alpha value is -3.04. The lowest BCUT2D eigenvalue weighted by atomic mass is 10.1. The summed E-state index contributed by atoms with van der Waals surface area (Å²) in [5.41, 5.74) is -2.71. The molecule has 1 aromatic heterocycles. The van der Waals surface area contributed by atoms with Crippen LogP contribution in [0.25, 0.3) is 5.76 Å². The molecule has 0 amide bonds. The zero-order chi connectivity index (χ0) is 19.5. The van der Waals surface area contributed by atoms with Crippen molar-refractivity contribution in [2.24, 2.45) is 4.99 Å². The van der Waals surface area contributed by atoms with Crippen LogP contribution in [0, 0.1) is 0 Å². The number of hydrogen-bond donors (Lipinski definition) is 1. The van der Waals surface area contributed by atoms with Crippen LogP contribution in [-0.2, 0) is 11.0 Å². The summed E-state index contributed by atoms with van der Waals surface area (Å²) in [6.45, 7) is 0. The Morgan fingerprint density at radius 1 is 1.08 bits per heavy atom. The molecule has 10 heteroatoms. The Kier molecular flexibility index (Phi) is 5.24. The summed E-state index contributed by atoms with van der Waals surface area (Å²) in [6, 6.07) is 5.76. The van der Waals surface area contributed by atoms with Crippen LogP contribution < -0.4 is 0 Å². The Bertz CT molecular complexity index is 848. The topological polar surface area (TPSA) is 62.8 Å². The van der Waals surface area contributed by atoms with Gasteiger partial charge in [-0.1, -0.05) is 6.07 Å². The number of nitrogens with zero attached hydrogens (tertiary/aromatic N) is 1. The number of benzene rings is 1. The number of allylic oxidation sites excluding steroid dienone is 1. The third kappa shape index (κ3) is 4.52. The van der Waals surface area contributed by atoms with Crippen LogP contribution in [0.2, 0.25) is 0 Å². The highest BCUT2D eigenvalue weighted by Gasteiger charge is 2.42. The van der Waals surface area contributed by atoms with E-state index < -0.39 is 40.8 Å². The fourth-order valence-corrected chi connectivity index (χ4v) is 1.83. The molecular weight excluding hydrogens is 368 g/mol. The first-order valence-electron chi connectivity index (χ1n) is 6.80. The van der Waals surface area contributed by atoms with Gasteiger partial charge < -0.3 is 9.52 Å². The molecule has 0 aliphatic rings. The predicted molar refractivity (Wildman–Crippen MR) is 78.9 cm³/mol. The van der Waals surface area contributed by atoms with Crippen LogP contribution in [0.15, 0.2) is 57.6 Å². The van der Waals surface area contributed by atoms with Gasteiger partial charge in [-0.05, 0) is 30.3 Å². The summed E-state index contributed by atoms with van der Waals surface area (Å²) in [5.74, 6) is -4.01. The lowest BCUT2D eigenvalue weighted by molar-refractivity contribution is -0.165. The molecule has 1 N–H and O–H groups in total. The monoisotopic (exact) mass is 377 g/mol. The average Bonchev–Trinajstić information content (AvgIpc) is 3.07. The zero-order valence-corrected chi connectivity index (χ0v) is 12.6. The first kappa shape index (κ1) is 19.3. The van der Waals surface area contributed by atoms with Crippen molar-refractivity contribution in [2.75, 3.05) is 0 Å². The molecule has 1 aromatic carbocycles. The maximum absolute atomic E-state index is 12.7. The smallest absolute Gasteiger partial charge is 0.455 e. The minimum atomic E-state index is -5.34. The molecular formula is C16H9F6NO3. The summed E-state index contributed by atoms with van der Waals surface area (Å²) < 4.78 is 80.8. The minimum absolute atomic E-state index is 0.336. The maximum Gasteiger partial charge on any atom is 0.455 e. The second-order valence-electron chi connectivity index (χ2n) is 4.87. The van der Waals surface area contributed by atoms with Crippen LogP contribution in [0.4, 0.5) is 32.0 Å².